The third-order valence-electron chi connectivity index (χ3n) is 4.61. The zero-order valence-corrected chi connectivity index (χ0v) is 16.9. The molecule has 0 bridgehead atoms. The third-order valence-corrected chi connectivity index (χ3v) is 4.61. The molecule has 1 aliphatic rings. The molecular weight excluding hydrogens is 399 g/mol. The number of piperidine rings is 1. The average molecular weight is 430 g/mol. The summed E-state index contributed by atoms with van der Waals surface area (Å²) in [5.41, 5.74) is 8.38. The minimum absolute atomic E-state index is 0. The molecule has 1 heterocycles. The topological polar surface area (TPSA) is 53.6 Å². The first-order valence-corrected chi connectivity index (χ1v) is 8.44. The van der Waals surface area contributed by atoms with E-state index in [9.17, 15) is 0 Å². The van der Waals surface area contributed by atoms with Gasteiger partial charge in [-0.1, -0.05) is 26.0 Å². The molecule has 0 radical (unpaired) electrons. The number of hydrogen-bond donors (Lipinski definition) is 2. The molecule has 0 amide bonds. The van der Waals surface area contributed by atoms with Gasteiger partial charge < -0.3 is 16.0 Å². The van der Waals surface area contributed by atoms with E-state index >= 15 is 0 Å². The fraction of sp³-hybridized carbons (Fsp3) is 0.611. The molecule has 0 spiro atoms. The summed E-state index contributed by atoms with van der Waals surface area (Å²) in [4.78, 5) is 6.88. The van der Waals surface area contributed by atoms with Crippen LogP contribution in [0, 0.1) is 5.92 Å². The molecule has 1 aromatic rings. The number of likely N-dealkylation sites (tertiary alicyclic amines) is 1. The Kier molecular flexibility index (Phi) is 8.91. The van der Waals surface area contributed by atoms with Gasteiger partial charge in [-0.15, -0.1) is 24.0 Å². The largest absolute Gasteiger partial charge is 0.370 e. The number of aliphatic imine (C=N–C) groups is 1. The van der Waals surface area contributed by atoms with Crippen LogP contribution < -0.4 is 11.1 Å². The highest BCUT2D eigenvalue weighted by Crippen LogP contribution is 2.20. The maximum atomic E-state index is 6.01. The second-order valence-electron chi connectivity index (χ2n) is 6.55. The van der Waals surface area contributed by atoms with Crippen molar-refractivity contribution in [2.75, 3.05) is 32.0 Å². The average Bonchev–Trinajstić information content (AvgIpc) is 2.53. The van der Waals surface area contributed by atoms with Gasteiger partial charge in [0.1, 0.15) is 0 Å². The van der Waals surface area contributed by atoms with Crippen molar-refractivity contribution in [3.8, 4) is 0 Å². The van der Waals surface area contributed by atoms with Crippen molar-refractivity contribution in [1.82, 2.24) is 4.90 Å². The first-order chi connectivity index (χ1) is 10.6. The number of nitrogens with two attached hydrogens (primary N) is 1. The second kappa shape index (κ2) is 10.1. The summed E-state index contributed by atoms with van der Waals surface area (Å²) in [6.07, 6.45) is 3.68. The molecule has 0 aliphatic carbocycles. The van der Waals surface area contributed by atoms with Gasteiger partial charge in [0, 0.05) is 18.8 Å². The predicted molar refractivity (Wildman–Crippen MR) is 111 cm³/mol. The van der Waals surface area contributed by atoms with E-state index in [2.05, 4.69) is 60.4 Å². The highest BCUT2D eigenvalue weighted by molar-refractivity contribution is 14.0. The van der Waals surface area contributed by atoms with Gasteiger partial charge in [0.25, 0.3) is 0 Å². The lowest BCUT2D eigenvalue weighted by atomic mass is 9.98. The maximum absolute atomic E-state index is 6.01. The Hall–Kier alpha value is -0.820. The Morgan fingerprint density at radius 3 is 2.70 bits per heavy atom. The molecule has 130 valence electrons. The van der Waals surface area contributed by atoms with E-state index in [1.165, 1.54) is 24.9 Å². The van der Waals surface area contributed by atoms with Gasteiger partial charge in [-0.2, -0.15) is 0 Å². The van der Waals surface area contributed by atoms with Gasteiger partial charge in [0.2, 0.25) is 0 Å². The number of rotatable bonds is 5. The lowest BCUT2D eigenvalue weighted by Crippen LogP contribution is -2.34. The third kappa shape index (κ3) is 6.67. The van der Waals surface area contributed by atoms with Crippen molar-refractivity contribution in [2.24, 2.45) is 16.6 Å². The van der Waals surface area contributed by atoms with Crippen LogP contribution in [0.4, 0.5) is 5.69 Å². The molecule has 4 nitrogen and oxygen atoms in total. The van der Waals surface area contributed by atoms with Crippen LogP contribution in [0.2, 0.25) is 0 Å². The fourth-order valence-corrected chi connectivity index (χ4v) is 2.97. The highest BCUT2D eigenvalue weighted by Gasteiger charge is 2.16. The van der Waals surface area contributed by atoms with E-state index in [0.717, 1.165) is 25.2 Å². The summed E-state index contributed by atoms with van der Waals surface area (Å²) < 4.78 is 0. The quantitative estimate of drug-likeness (QED) is 0.424. The lowest BCUT2D eigenvalue weighted by Gasteiger charge is -2.28. The maximum Gasteiger partial charge on any atom is 0.193 e. The molecule has 2 unspecified atom stereocenters. The number of anilines is 1. The van der Waals surface area contributed by atoms with Crippen LogP contribution in [0.5, 0.6) is 0 Å². The van der Waals surface area contributed by atoms with E-state index in [4.69, 9.17) is 5.73 Å². The molecule has 0 aromatic heterocycles. The Morgan fingerprint density at radius 1 is 1.39 bits per heavy atom. The number of guanidine groups is 1. The van der Waals surface area contributed by atoms with Crippen LogP contribution >= 0.6 is 24.0 Å². The predicted octanol–water partition coefficient (Wildman–Crippen LogP) is 3.89. The van der Waals surface area contributed by atoms with Gasteiger partial charge in [-0.25, -0.2) is 0 Å². The van der Waals surface area contributed by atoms with Crippen LogP contribution in [0.3, 0.4) is 0 Å². The van der Waals surface area contributed by atoms with Gasteiger partial charge >= 0.3 is 0 Å². The highest BCUT2D eigenvalue weighted by atomic mass is 127. The van der Waals surface area contributed by atoms with Gasteiger partial charge in [0.15, 0.2) is 5.96 Å². The number of hydrogen-bond acceptors (Lipinski definition) is 2. The standard InChI is InChI=1S/C18H30N4.HI/c1-4-14(2)16-7-9-17(10-8-16)21-18(19)20-12-15-6-5-11-22(3)13-15;/h7-10,14-15H,4-6,11-13H2,1-3H3,(H3,19,20,21);1H. The van der Waals surface area contributed by atoms with Crippen molar-refractivity contribution in [3.63, 3.8) is 0 Å². The number of halogens is 1. The molecular formula is C18H31IN4. The molecule has 1 aliphatic heterocycles. The molecule has 0 saturated carbocycles. The summed E-state index contributed by atoms with van der Waals surface area (Å²) in [6, 6.07) is 8.50. The Balaban J connectivity index is 0.00000264. The second-order valence-corrected chi connectivity index (χ2v) is 6.55. The number of benzene rings is 1. The molecule has 1 aromatic carbocycles. The SMILES string of the molecule is CCC(C)c1ccc(NC(N)=NCC2CCCN(C)C2)cc1.I. The minimum atomic E-state index is 0. The van der Waals surface area contributed by atoms with E-state index in [1.807, 2.05) is 0 Å². The normalized spacial score (nSPS) is 20.7. The first kappa shape index (κ1) is 20.2. The number of nitrogens with zero attached hydrogens (tertiary/aromatic N) is 2. The van der Waals surface area contributed by atoms with E-state index in [1.54, 1.807) is 0 Å². The molecule has 5 heteroatoms. The first-order valence-electron chi connectivity index (χ1n) is 8.44. The summed E-state index contributed by atoms with van der Waals surface area (Å²) in [6.45, 7) is 7.61. The van der Waals surface area contributed by atoms with Crippen LogP contribution in [0.15, 0.2) is 29.3 Å². The van der Waals surface area contributed by atoms with E-state index in [-0.39, 0.29) is 24.0 Å². The van der Waals surface area contributed by atoms with E-state index < -0.39 is 0 Å². The molecule has 3 N–H and O–H groups in total. The van der Waals surface area contributed by atoms with Crippen LogP contribution in [-0.2, 0) is 0 Å². The molecule has 2 atom stereocenters. The van der Waals surface area contributed by atoms with Gasteiger partial charge in [-0.3, -0.25) is 4.99 Å². The lowest BCUT2D eigenvalue weighted by molar-refractivity contribution is 0.214. The summed E-state index contributed by atoms with van der Waals surface area (Å²) in [5.74, 6) is 1.75. The van der Waals surface area contributed by atoms with Gasteiger partial charge in [-0.05, 0) is 62.4 Å². The van der Waals surface area contributed by atoms with Crippen LogP contribution in [0.25, 0.3) is 0 Å². The summed E-state index contributed by atoms with van der Waals surface area (Å²) in [7, 11) is 2.18. The van der Waals surface area contributed by atoms with Crippen molar-refractivity contribution < 1.29 is 0 Å². The van der Waals surface area contributed by atoms with E-state index in [0.29, 0.717) is 17.8 Å². The Bertz CT molecular complexity index is 486. The van der Waals surface area contributed by atoms with Crippen molar-refractivity contribution >= 4 is 35.6 Å². The van der Waals surface area contributed by atoms with Crippen molar-refractivity contribution in [3.05, 3.63) is 29.8 Å². The molecule has 1 fully saturated rings. The number of nitrogens with one attached hydrogen (secondary N) is 1. The molecule has 2 rings (SSSR count). The summed E-state index contributed by atoms with van der Waals surface area (Å²) >= 11 is 0. The monoisotopic (exact) mass is 430 g/mol. The smallest absolute Gasteiger partial charge is 0.193 e. The zero-order valence-electron chi connectivity index (χ0n) is 14.6. The van der Waals surface area contributed by atoms with Crippen LogP contribution in [-0.4, -0.2) is 37.5 Å². The zero-order chi connectivity index (χ0) is 15.9. The summed E-state index contributed by atoms with van der Waals surface area (Å²) in [5, 5.41) is 3.19. The van der Waals surface area contributed by atoms with Crippen LogP contribution in [0.1, 0.15) is 44.6 Å². The van der Waals surface area contributed by atoms with Crippen molar-refractivity contribution in [2.45, 2.75) is 39.0 Å². The fourth-order valence-electron chi connectivity index (χ4n) is 2.97. The minimum Gasteiger partial charge on any atom is -0.370 e. The molecule has 1 saturated heterocycles. The molecule has 23 heavy (non-hydrogen) atoms. The Morgan fingerprint density at radius 2 is 2.09 bits per heavy atom. The Labute approximate surface area is 157 Å². The van der Waals surface area contributed by atoms with Crippen molar-refractivity contribution in [1.29, 1.82) is 0 Å². The van der Waals surface area contributed by atoms with Gasteiger partial charge in [0.05, 0.1) is 0 Å².